The predicted octanol–water partition coefficient (Wildman–Crippen LogP) is 5.16. The van der Waals surface area contributed by atoms with Crippen LogP contribution in [-0.4, -0.2) is 29.9 Å². The molecule has 0 spiro atoms. The van der Waals surface area contributed by atoms with E-state index in [1.54, 1.807) is 0 Å². The van der Waals surface area contributed by atoms with E-state index in [0.29, 0.717) is 19.8 Å². The van der Waals surface area contributed by atoms with Gasteiger partial charge in [-0.05, 0) is 25.0 Å². The molecule has 0 fully saturated rings. The van der Waals surface area contributed by atoms with Gasteiger partial charge in [0.25, 0.3) is 0 Å². The zero-order valence-corrected chi connectivity index (χ0v) is 16.7. The second-order valence-electron chi connectivity index (χ2n) is 6.39. The average molecular weight is 422 g/mol. The third kappa shape index (κ3) is 6.63. The maximum atomic E-state index is 14.2. The summed E-state index contributed by atoms with van der Waals surface area (Å²) in [6.45, 7) is 5.09. The number of aryl methyl sites for hydroxylation is 2. The van der Waals surface area contributed by atoms with Crippen LogP contribution in [0.4, 0.5) is 4.39 Å². The molecular formula is C21H25BrFNO2. The molecule has 2 aromatic carbocycles. The van der Waals surface area contributed by atoms with Gasteiger partial charge in [-0.1, -0.05) is 75.6 Å². The monoisotopic (exact) mass is 421 g/mol. The fourth-order valence-electron chi connectivity index (χ4n) is 2.44. The molecular weight excluding hydrogens is 397 g/mol. The summed E-state index contributed by atoms with van der Waals surface area (Å²) in [4.78, 5) is -0.352. The molecule has 0 radical (unpaired) electrons. The summed E-state index contributed by atoms with van der Waals surface area (Å²) >= 11 is 3.46. The zero-order valence-electron chi connectivity index (χ0n) is 15.1. The number of alkyl halides is 2. The summed E-state index contributed by atoms with van der Waals surface area (Å²) in [7, 11) is 0. The highest BCUT2D eigenvalue weighted by atomic mass is 79.9. The molecule has 0 aliphatic carbocycles. The predicted molar refractivity (Wildman–Crippen MR) is 107 cm³/mol. The third-order valence-electron chi connectivity index (χ3n) is 4.06. The van der Waals surface area contributed by atoms with Crippen molar-refractivity contribution in [2.75, 3.05) is 6.61 Å². The van der Waals surface area contributed by atoms with Crippen LogP contribution in [0.15, 0.2) is 48.5 Å². The fourth-order valence-corrected chi connectivity index (χ4v) is 3.07. The van der Waals surface area contributed by atoms with E-state index in [2.05, 4.69) is 15.9 Å². The topological polar surface area (TPSA) is 42.3 Å². The van der Waals surface area contributed by atoms with Gasteiger partial charge in [0.15, 0.2) is 6.17 Å². The summed E-state index contributed by atoms with van der Waals surface area (Å²) in [6.07, 6.45) is -1.51. The number of rotatable bonds is 10. The molecule has 0 amide bonds. The van der Waals surface area contributed by atoms with Gasteiger partial charge in [0.05, 0.1) is 24.6 Å². The molecule has 1 N–H and O–H groups in total. The lowest BCUT2D eigenvalue weighted by molar-refractivity contribution is -0.00985. The summed E-state index contributed by atoms with van der Waals surface area (Å²) in [5.74, 6) is 0. The van der Waals surface area contributed by atoms with Crippen LogP contribution in [0.2, 0.25) is 0 Å². The Balaban J connectivity index is 1.86. The molecule has 0 saturated heterocycles. The molecule has 0 bridgehead atoms. The lowest BCUT2D eigenvalue weighted by Crippen LogP contribution is -2.37. The molecule has 2 aromatic rings. The molecule has 2 rings (SSSR count). The highest BCUT2D eigenvalue weighted by Gasteiger charge is 2.28. The molecule has 140 valence electrons. The Morgan fingerprint density at radius 1 is 0.962 bits per heavy atom. The van der Waals surface area contributed by atoms with Crippen molar-refractivity contribution in [3.8, 4) is 0 Å². The van der Waals surface area contributed by atoms with Gasteiger partial charge in [-0.3, -0.25) is 0 Å². The van der Waals surface area contributed by atoms with Gasteiger partial charge in [-0.25, -0.2) is 4.39 Å². The number of benzene rings is 2. The summed E-state index contributed by atoms with van der Waals surface area (Å²) < 4.78 is 25.6. The first-order valence-electron chi connectivity index (χ1n) is 8.58. The van der Waals surface area contributed by atoms with Crippen molar-refractivity contribution in [3.05, 3.63) is 70.8 Å². The first kappa shape index (κ1) is 20.7. The SMILES string of the molecule is Cc1ccc(COC[C@H](Br)[C@@H](OCc2ccc(C)cc2)[C@H](F)C=N)cc1. The highest BCUT2D eigenvalue weighted by molar-refractivity contribution is 9.09. The smallest absolute Gasteiger partial charge is 0.162 e. The van der Waals surface area contributed by atoms with Gasteiger partial charge in [-0.2, -0.15) is 0 Å². The second kappa shape index (κ2) is 10.6. The van der Waals surface area contributed by atoms with Crippen molar-refractivity contribution in [3.63, 3.8) is 0 Å². The van der Waals surface area contributed by atoms with Crippen LogP contribution in [0.1, 0.15) is 22.3 Å². The standard InChI is InChI=1S/C21H25BrFNO2/c1-15-3-7-17(8-4-15)12-25-14-19(22)21(20(23)11-24)26-13-18-9-5-16(2)6-10-18/h3-11,19-21,24H,12-14H2,1-2H3/t19-,20+,21+/m0/s1. The Morgan fingerprint density at radius 3 is 1.96 bits per heavy atom. The van der Waals surface area contributed by atoms with E-state index in [-0.39, 0.29) is 4.83 Å². The zero-order chi connectivity index (χ0) is 18.9. The van der Waals surface area contributed by atoms with Crippen molar-refractivity contribution < 1.29 is 13.9 Å². The summed E-state index contributed by atoms with van der Waals surface area (Å²) in [5.41, 5.74) is 4.40. The number of halogens is 2. The van der Waals surface area contributed by atoms with Crippen molar-refractivity contribution >= 4 is 22.1 Å². The van der Waals surface area contributed by atoms with E-state index in [1.807, 2.05) is 62.4 Å². The van der Waals surface area contributed by atoms with Crippen LogP contribution >= 0.6 is 15.9 Å². The minimum Gasteiger partial charge on any atom is -0.376 e. The fraction of sp³-hybridized carbons (Fsp3) is 0.381. The van der Waals surface area contributed by atoms with Crippen LogP contribution < -0.4 is 0 Å². The van der Waals surface area contributed by atoms with Crippen LogP contribution in [0.3, 0.4) is 0 Å². The molecule has 3 nitrogen and oxygen atoms in total. The van der Waals surface area contributed by atoms with Gasteiger partial charge < -0.3 is 14.9 Å². The largest absolute Gasteiger partial charge is 0.376 e. The van der Waals surface area contributed by atoms with Crippen LogP contribution in [0.25, 0.3) is 0 Å². The molecule has 3 atom stereocenters. The molecule has 0 heterocycles. The Kier molecular flexibility index (Phi) is 8.42. The van der Waals surface area contributed by atoms with E-state index < -0.39 is 12.3 Å². The number of hydrogen-bond donors (Lipinski definition) is 1. The lowest BCUT2D eigenvalue weighted by Gasteiger charge is -2.24. The lowest BCUT2D eigenvalue weighted by atomic mass is 10.1. The normalized spacial score (nSPS) is 14.6. The second-order valence-corrected chi connectivity index (χ2v) is 7.57. The minimum absolute atomic E-state index is 0.291. The van der Waals surface area contributed by atoms with Crippen molar-refractivity contribution in [2.45, 2.75) is 44.2 Å². The van der Waals surface area contributed by atoms with Crippen LogP contribution in [0.5, 0.6) is 0 Å². The van der Waals surface area contributed by atoms with Gasteiger partial charge >= 0.3 is 0 Å². The first-order chi connectivity index (χ1) is 12.5. The van der Waals surface area contributed by atoms with Gasteiger partial charge in [0.2, 0.25) is 0 Å². The maximum Gasteiger partial charge on any atom is 0.162 e. The van der Waals surface area contributed by atoms with Gasteiger partial charge in [0, 0.05) is 6.21 Å². The number of ether oxygens (including phenoxy) is 2. The van der Waals surface area contributed by atoms with Gasteiger partial charge in [0.1, 0.15) is 6.10 Å². The van der Waals surface area contributed by atoms with E-state index in [9.17, 15) is 4.39 Å². The molecule has 0 saturated carbocycles. The molecule has 5 heteroatoms. The molecule has 26 heavy (non-hydrogen) atoms. The molecule has 0 aliphatic heterocycles. The van der Waals surface area contributed by atoms with Gasteiger partial charge in [-0.15, -0.1) is 0 Å². The van der Waals surface area contributed by atoms with Crippen molar-refractivity contribution in [1.29, 1.82) is 5.41 Å². The summed E-state index contributed by atoms with van der Waals surface area (Å²) in [6, 6.07) is 16.0. The van der Waals surface area contributed by atoms with Crippen molar-refractivity contribution in [2.24, 2.45) is 0 Å². The Bertz CT molecular complexity index is 675. The molecule has 0 aromatic heterocycles. The van der Waals surface area contributed by atoms with E-state index in [1.165, 1.54) is 5.56 Å². The maximum absolute atomic E-state index is 14.2. The molecule has 0 aliphatic rings. The van der Waals surface area contributed by atoms with Crippen LogP contribution in [0, 0.1) is 19.3 Å². The van der Waals surface area contributed by atoms with E-state index >= 15 is 0 Å². The van der Waals surface area contributed by atoms with E-state index in [0.717, 1.165) is 22.9 Å². The Morgan fingerprint density at radius 2 is 1.46 bits per heavy atom. The highest BCUT2D eigenvalue weighted by Crippen LogP contribution is 2.19. The molecule has 0 unspecified atom stereocenters. The quantitative estimate of drug-likeness (QED) is 0.425. The third-order valence-corrected chi connectivity index (χ3v) is 4.84. The number of nitrogens with one attached hydrogen (secondary N) is 1. The van der Waals surface area contributed by atoms with E-state index in [4.69, 9.17) is 14.9 Å². The van der Waals surface area contributed by atoms with Crippen LogP contribution in [-0.2, 0) is 22.7 Å². The van der Waals surface area contributed by atoms with Crippen molar-refractivity contribution in [1.82, 2.24) is 0 Å². The Labute approximate surface area is 163 Å². The average Bonchev–Trinajstić information content (AvgIpc) is 2.64. The number of hydrogen-bond acceptors (Lipinski definition) is 3. The Hall–Kier alpha value is -1.56. The minimum atomic E-state index is -1.49. The summed E-state index contributed by atoms with van der Waals surface area (Å²) in [5, 5.41) is 7.23. The first-order valence-corrected chi connectivity index (χ1v) is 9.50.